The predicted octanol–water partition coefficient (Wildman–Crippen LogP) is 3.45. The van der Waals surface area contributed by atoms with Crippen molar-refractivity contribution >= 4 is 5.91 Å². The number of benzene rings is 2. The smallest absolute Gasteiger partial charge is 0.239 e. The molecule has 3 rings (SSSR count). The monoisotopic (exact) mass is 326 g/mol. The lowest BCUT2D eigenvalue weighted by molar-refractivity contribution is -0.135. The molecule has 126 valence electrons. The van der Waals surface area contributed by atoms with Crippen molar-refractivity contribution in [2.45, 2.75) is 32.0 Å². The summed E-state index contributed by atoms with van der Waals surface area (Å²) in [4.78, 5) is 16.7. The minimum atomic E-state index is -0.260. The van der Waals surface area contributed by atoms with Gasteiger partial charge in [0.25, 0.3) is 0 Å². The zero-order valence-electron chi connectivity index (χ0n) is 14.0. The predicted molar refractivity (Wildman–Crippen MR) is 92.7 cm³/mol. The highest BCUT2D eigenvalue weighted by molar-refractivity contribution is 5.82. The maximum Gasteiger partial charge on any atom is 0.239 e. The third-order valence-electron chi connectivity index (χ3n) is 4.62. The molecule has 1 saturated heterocycles. The summed E-state index contributed by atoms with van der Waals surface area (Å²) in [6.07, 6.45) is 1.89. The van der Waals surface area contributed by atoms with Gasteiger partial charge in [0.05, 0.1) is 6.04 Å². The summed E-state index contributed by atoms with van der Waals surface area (Å²) in [6.45, 7) is 2.02. The molecule has 2 aromatic rings. The highest BCUT2D eigenvalue weighted by Crippen LogP contribution is 2.22. The number of hydrogen-bond acceptors (Lipinski definition) is 2. The minimum absolute atomic E-state index is 0.0756. The van der Waals surface area contributed by atoms with E-state index in [-0.39, 0.29) is 17.8 Å². The van der Waals surface area contributed by atoms with Crippen molar-refractivity contribution in [1.29, 1.82) is 0 Å². The molecular formula is C20H23FN2O. The molecule has 2 aromatic carbocycles. The quantitative estimate of drug-likeness (QED) is 0.840. The molecule has 0 aliphatic carbocycles. The average Bonchev–Trinajstić information content (AvgIpc) is 3.05. The molecule has 0 radical (unpaired) electrons. The van der Waals surface area contributed by atoms with Gasteiger partial charge in [0.1, 0.15) is 5.82 Å². The minimum Gasteiger partial charge on any atom is -0.340 e. The van der Waals surface area contributed by atoms with Gasteiger partial charge in [-0.25, -0.2) is 4.39 Å². The number of rotatable bonds is 5. The number of amides is 1. The molecule has 1 fully saturated rings. The first-order chi connectivity index (χ1) is 11.6. The van der Waals surface area contributed by atoms with E-state index in [1.807, 2.05) is 18.2 Å². The second-order valence-electron chi connectivity index (χ2n) is 6.40. The highest BCUT2D eigenvalue weighted by Gasteiger charge is 2.32. The second kappa shape index (κ2) is 7.58. The SMILES string of the molecule is CN(Cc1ccccc1F)C(=O)[C@@H]1CCCN1Cc1ccccc1. The molecule has 0 unspecified atom stereocenters. The van der Waals surface area contributed by atoms with E-state index in [0.29, 0.717) is 12.1 Å². The van der Waals surface area contributed by atoms with Gasteiger partial charge in [0.15, 0.2) is 0 Å². The van der Waals surface area contributed by atoms with Gasteiger partial charge < -0.3 is 4.90 Å². The number of likely N-dealkylation sites (tertiary alicyclic amines) is 1. The van der Waals surface area contributed by atoms with Crippen molar-refractivity contribution in [2.24, 2.45) is 0 Å². The van der Waals surface area contributed by atoms with Crippen LogP contribution in [0.3, 0.4) is 0 Å². The molecular weight excluding hydrogens is 303 g/mol. The first-order valence-corrected chi connectivity index (χ1v) is 8.41. The molecule has 0 N–H and O–H groups in total. The fourth-order valence-electron chi connectivity index (χ4n) is 3.33. The lowest BCUT2D eigenvalue weighted by Crippen LogP contribution is -2.43. The van der Waals surface area contributed by atoms with Crippen LogP contribution in [0.25, 0.3) is 0 Å². The van der Waals surface area contributed by atoms with E-state index in [2.05, 4.69) is 17.0 Å². The summed E-state index contributed by atoms with van der Waals surface area (Å²) < 4.78 is 13.8. The Hall–Kier alpha value is -2.20. The van der Waals surface area contributed by atoms with Crippen LogP contribution < -0.4 is 0 Å². The van der Waals surface area contributed by atoms with E-state index in [0.717, 1.165) is 25.9 Å². The van der Waals surface area contributed by atoms with Gasteiger partial charge in [-0.3, -0.25) is 9.69 Å². The Kier molecular flexibility index (Phi) is 5.26. The van der Waals surface area contributed by atoms with E-state index in [9.17, 15) is 9.18 Å². The van der Waals surface area contributed by atoms with Crippen molar-refractivity contribution in [2.75, 3.05) is 13.6 Å². The largest absolute Gasteiger partial charge is 0.340 e. The zero-order chi connectivity index (χ0) is 16.9. The van der Waals surface area contributed by atoms with Gasteiger partial charge in [-0.2, -0.15) is 0 Å². The number of likely N-dealkylation sites (N-methyl/N-ethyl adjacent to an activating group) is 1. The van der Waals surface area contributed by atoms with Gasteiger partial charge in [-0.15, -0.1) is 0 Å². The standard InChI is InChI=1S/C20H23FN2O/c1-22(15-17-10-5-6-11-18(17)21)20(24)19-12-7-13-23(19)14-16-8-3-2-4-9-16/h2-6,8-11,19H,7,12-15H2,1H3/t19-/m0/s1. The van der Waals surface area contributed by atoms with E-state index in [1.165, 1.54) is 11.6 Å². The van der Waals surface area contributed by atoms with Crippen molar-refractivity contribution in [3.8, 4) is 0 Å². The maximum absolute atomic E-state index is 13.8. The fraction of sp³-hybridized carbons (Fsp3) is 0.350. The van der Waals surface area contributed by atoms with Crippen LogP contribution in [0.5, 0.6) is 0 Å². The third-order valence-corrected chi connectivity index (χ3v) is 4.62. The van der Waals surface area contributed by atoms with E-state index < -0.39 is 0 Å². The van der Waals surface area contributed by atoms with Crippen molar-refractivity contribution in [3.63, 3.8) is 0 Å². The Balaban J connectivity index is 1.65. The van der Waals surface area contributed by atoms with Gasteiger partial charge >= 0.3 is 0 Å². The van der Waals surface area contributed by atoms with Crippen LogP contribution in [-0.2, 0) is 17.9 Å². The zero-order valence-corrected chi connectivity index (χ0v) is 14.0. The van der Waals surface area contributed by atoms with Gasteiger partial charge in [-0.1, -0.05) is 48.5 Å². The molecule has 1 aliphatic rings. The summed E-state index contributed by atoms with van der Waals surface area (Å²) in [5, 5.41) is 0. The number of hydrogen-bond donors (Lipinski definition) is 0. The molecule has 1 amide bonds. The molecule has 3 nitrogen and oxygen atoms in total. The number of halogens is 1. The Morgan fingerprint density at radius 2 is 1.88 bits per heavy atom. The molecule has 1 aliphatic heterocycles. The van der Waals surface area contributed by atoms with Gasteiger partial charge in [-0.05, 0) is 31.0 Å². The van der Waals surface area contributed by atoms with Crippen LogP contribution in [0.1, 0.15) is 24.0 Å². The number of carbonyl (C=O) groups excluding carboxylic acids is 1. The maximum atomic E-state index is 13.8. The van der Waals surface area contributed by atoms with Crippen LogP contribution in [0.2, 0.25) is 0 Å². The Bertz CT molecular complexity index is 689. The third kappa shape index (κ3) is 3.82. The van der Waals surface area contributed by atoms with Crippen LogP contribution in [0.4, 0.5) is 4.39 Å². The van der Waals surface area contributed by atoms with Gasteiger partial charge in [0.2, 0.25) is 5.91 Å². The van der Waals surface area contributed by atoms with Crippen LogP contribution in [-0.4, -0.2) is 35.3 Å². The topological polar surface area (TPSA) is 23.6 Å². The first kappa shape index (κ1) is 16.7. The first-order valence-electron chi connectivity index (χ1n) is 8.41. The van der Waals surface area contributed by atoms with E-state index >= 15 is 0 Å². The lowest BCUT2D eigenvalue weighted by atomic mass is 10.1. The highest BCUT2D eigenvalue weighted by atomic mass is 19.1. The molecule has 1 atom stereocenters. The van der Waals surface area contributed by atoms with Crippen molar-refractivity contribution < 1.29 is 9.18 Å². The summed E-state index contributed by atoms with van der Waals surface area (Å²) in [7, 11) is 1.76. The van der Waals surface area contributed by atoms with E-state index in [1.54, 1.807) is 30.1 Å². The van der Waals surface area contributed by atoms with Crippen LogP contribution in [0, 0.1) is 5.82 Å². The van der Waals surface area contributed by atoms with Gasteiger partial charge in [0, 0.05) is 25.7 Å². The number of nitrogens with zero attached hydrogens (tertiary/aromatic N) is 2. The molecule has 0 aromatic heterocycles. The summed E-state index contributed by atoms with van der Waals surface area (Å²) in [5.41, 5.74) is 1.77. The summed E-state index contributed by atoms with van der Waals surface area (Å²) in [6, 6.07) is 16.7. The second-order valence-corrected chi connectivity index (χ2v) is 6.40. The molecule has 4 heteroatoms. The summed E-state index contributed by atoms with van der Waals surface area (Å²) >= 11 is 0. The Morgan fingerprint density at radius 3 is 2.62 bits per heavy atom. The van der Waals surface area contributed by atoms with Crippen LogP contribution in [0.15, 0.2) is 54.6 Å². The molecule has 0 saturated carbocycles. The van der Waals surface area contributed by atoms with E-state index in [4.69, 9.17) is 0 Å². The Morgan fingerprint density at radius 1 is 1.17 bits per heavy atom. The summed E-state index contributed by atoms with van der Waals surface area (Å²) in [5.74, 6) is -0.184. The van der Waals surface area contributed by atoms with Crippen molar-refractivity contribution in [3.05, 3.63) is 71.5 Å². The normalized spacial score (nSPS) is 17.8. The lowest BCUT2D eigenvalue weighted by Gasteiger charge is -2.28. The fourth-order valence-corrected chi connectivity index (χ4v) is 3.33. The average molecular weight is 326 g/mol. The molecule has 24 heavy (non-hydrogen) atoms. The molecule has 1 heterocycles. The number of carbonyl (C=O) groups is 1. The van der Waals surface area contributed by atoms with Crippen molar-refractivity contribution in [1.82, 2.24) is 9.80 Å². The Labute approximate surface area is 142 Å². The van der Waals surface area contributed by atoms with Crippen LogP contribution >= 0.6 is 0 Å². The molecule has 0 bridgehead atoms. The molecule has 0 spiro atoms.